The molecule has 0 aliphatic carbocycles. The third kappa shape index (κ3) is 4.87. The van der Waals surface area contributed by atoms with E-state index in [1.165, 1.54) is 23.2 Å². The van der Waals surface area contributed by atoms with Crippen molar-refractivity contribution in [3.63, 3.8) is 0 Å². The van der Waals surface area contributed by atoms with Gasteiger partial charge < -0.3 is 10.2 Å². The average Bonchev–Trinajstić information content (AvgIpc) is 2.36. The Hall–Kier alpha value is -1.02. The van der Waals surface area contributed by atoms with Gasteiger partial charge in [0.1, 0.15) is 0 Å². The topological polar surface area (TPSA) is 15.3 Å². The average molecular weight is 262 g/mol. The van der Waals surface area contributed by atoms with E-state index in [9.17, 15) is 0 Å². The number of hydrogen-bond donors (Lipinski definition) is 1. The molecule has 0 fully saturated rings. The minimum absolute atomic E-state index is 0.556. The van der Waals surface area contributed by atoms with Crippen molar-refractivity contribution in [3.8, 4) is 0 Å². The number of nitrogens with zero attached hydrogens (tertiary/aromatic N) is 1. The Labute approximate surface area is 119 Å². The molecule has 0 saturated heterocycles. The third-order valence-corrected chi connectivity index (χ3v) is 3.91. The Morgan fingerprint density at radius 3 is 2.16 bits per heavy atom. The summed E-state index contributed by atoms with van der Waals surface area (Å²) in [6, 6.07) is 7.33. The maximum Gasteiger partial charge on any atom is 0.0369 e. The molecule has 19 heavy (non-hydrogen) atoms. The lowest BCUT2D eigenvalue weighted by Gasteiger charge is -2.30. The SMILES string of the molecule is CCNC(CN(C)c1cc(C)cc(C)c1)C(C)CC. The second kappa shape index (κ2) is 7.54. The Morgan fingerprint density at radius 1 is 1.11 bits per heavy atom. The van der Waals surface area contributed by atoms with Crippen LogP contribution in [0, 0.1) is 19.8 Å². The molecule has 2 atom stereocenters. The molecule has 108 valence electrons. The molecule has 2 unspecified atom stereocenters. The highest BCUT2D eigenvalue weighted by molar-refractivity contribution is 5.50. The predicted molar refractivity (Wildman–Crippen MR) is 86.1 cm³/mol. The fraction of sp³-hybridized carbons (Fsp3) is 0.647. The summed E-state index contributed by atoms with van der Waals surface area (Å²) in [6.45, 7) is 13.2. The smallest absolute Gasteiger partial charge is 0.0369 e. The molecule has 0 aliphatic rings. The van der Waals surface area contributed by atoms with Crippen molar-refractivity contribution >= 4 is 5.69 Å². The highest BCUT2D eigenvalue weighted by atomic mass is 15.1. The van der Waals surface area contributed by atoms with Crippen LogP contribution in [0.15, 0.2) is 18.2 Å². The normalized spacial score (nSPS) is 14.2. The van der Waals surface area contributed by atoms with Crippen LogP contribution in [-0.2, 0) is 0 Å². The zero-order valence-electron chi connectivity index (χ0n) is 13.5. The number of rotatable bonds is 7. The molecule has 2 nitrogen and oxygen atoms in total. The van der Waals surface area contributed by atoms with Crippen molar-refractivity contribution < 1.29 is 0 Å². The van der Waals surface area contributed by atoms with Crippen molar-refractivity contribution in [2.45, 2.75) is 47.1 Å². The monoisotopic (exact) mass is 262 g/mol. The lowest BCUT2D eigenvalue weighted by molar-refractivity contribution is 0.376. The molecular formula is C17H30N2. The Bertz CT molecular complexity index is 367. The Morgan fingerprint density at radius 2 is 1.68 bits per heavy atom. The summed E-state index contributed by atoms with van der Waals surface area (Å²) in [6.07, 6.45) is 1.22. The zero-order valence-corrected chi connectivity index (χ0v) is 13.5. The molecule has 1 rings (SSSR count). The second-order valence-electron chi connectivity index (χ2n) is 5.78. The first kappa shape index (κ1) is 16.0. The van der Waals surface area contributed by atoms with Crippen molar-refractivity contribution in [2.24, 2.45) is 5.92 Å². The number of likely N-dealkylation sites (N-methyl/N-ethyl adjacent to an activating group) is 2. The molecule has 0 aromatic heterocycles. The molecule has 1 N–H and O–H groups in total. The lowest BCUT2D eigenvalue weighted by atomic mass is 9.98. The van der Waals surface area contributed by atoms with E-state index in [1.807, 2.05) is 0 Å². The summed E-state index contributed by atoms with van der Waals surface area (Å²) in [5.41, 5.74) is 4.00. The first-order valence-electron chi connectivity index (χ1n) is 7.50. The van der Waals surface area contributed by atoms with Gasteiger partial charge in [-0.05, 0) is 49.6 Å². The fourth-order valence-electron chi connectivity index (χ4n) is 2.56. The highest BCUT2D eigenvalue weighted by Gasteiger charge is 2.17. The van der Waals surface area contributed by atoms with Gasteiger partial charge in [0.2, 0.25) is 0 Å². The van der Waals surface area contributed by atoms with Gasteiger partial charge in [0.05, 0.1) is 0 Å². The minimum atomic E-state index is 0.556. The molecule has 0 heterocycles. The van der Waals surface area contributed by atoms with Gasteiger partial charge in [-0.25, -0.2) is 0 Å². The summed E-state index contributed by atoms with van der Waals surface area (Å²) < 4.78 is 0. The van der Waals surface area contributed by atoms with Gasteiger partial charge >= 0.3 is 0 Å². The van der Waals surface area contributed by atoms with E-state index in [-0.39, 0.29) is 0 Å². The molecule has 1 aromatic carbocycles. The van der Waals surface area contributed by atoms with Crippen LogP contribution in [0.3, 0.4) is 0 Å². The molecule has 0 saturated carbocycles. The fourth-order valence-corrected chi connectivity index (χ4v) is 2.56. The van der Waals surface area contributed by atoms with Crippen LogP contribution in [0.5, 0.6) is 0 Å². The van der Waals surface area contributed by atoms with E-state index in [4.69, 9.17) is 0 Å². The standard InChI is InChI=1S/C17H30N2/c1-7-15(5)17(18-8-2)12-19(6)16-10-13(3)9-14(4)11-16/h9-11,15,17-18H,7-8,12H2,1-6H3. The van der Waals surface area contributed by atoms with Crippen LogP contribution in [-0.4, -0.2) is 26.2 Å². The first-order chi connectivity index (χ1) is 8.97. The summed E-state index contributed by atoms with van der Waals surface area (Å²) >= 11 is 0. The van der Waals surface area contributed by atoms with E-state index in [0.29, 0.717) is 12.0 Å². The second-order valence-corrected chi connectivity index (χ2v) is 5.78. The van der Waals surface area contributed by atoms with Crippen molar-refractivity contribution in [2.75, 3.05) is 25.0 Å². The molecule has 2 heteroatoms. The summed E-state index contributed by atoms with van der Waals surface area (Å²) in [4.78, 5) is 2.37. The largest absolute Gasteiger partial charge is 0.373 e. The molecule has 0 amide bonds. The van der Waals surface area contributed by atoms with E-state index in [2.05, 4.69) is 70.1 Å². The quantitative estimate of drug-likeness (QED) is 0.805. The number of nitrogens with one attached hydrogen (secondary N) is 1. The predicted octanol–water partition coefficient (Wildman–Crippen LogP) is 3.76. The third-order valence-electron chi connectivity index (χ3n) is 3.91. The molecular weight excluding hydrogens is 232 g/mol. The molecule has 0 spiro atoms. The molecule has 0 aliphatic heterocycles. The van der Waals surface area contributed by atoms with Crippen molar-refractivity contribution in [3.05, 3.63) is 29.3 Å². The van der Waals surface area contributed by atoms with Gasteiger partial charge in [-0.2, -0.15) is 0 Å². The number of anilines is 1. The first-order valence-corrected chi connectivity index (χ1v) is 7.50. The molecule has 0 radical (unpaired) electrons. The van der Waals surface area contributed by atoms with Crippen LogP contribution in [0.2, 0.25) is 0 Å². The van der Waals surface area contributed by atoms with Crippen LogP contribution in [0.25, 0.3) is 0 Å². The van der Waals surface area contributed by atoms with Gasteiger partial charge in [-0.1, -0.05) is 33.3 Å². The maximum atomic E-state index is 3.62. The Kier molecular flexibility index (Phi) is 6.36. The van der Waals surface area contributed by atoms with Crippen LogP contribution in [0.4, 0.5) is 5.69 Å². The maximum absolute atomic E-state index is 3.62. The lowest BCUT2D eigenvalue weighted by Crippen LogP contribution is -2.43. The summed E-state index contributed by atoms with van der Waals surface area (Å²) in [7, 11) is 2.20. The van der Waals surface area contributed by atoms with Crippen LogP contribution >= 0.6 is 0 Å². The van der Waals surface area contributed by atoms with Gasteiger partial charge in [-0.3, -0.25) is 0 Å². The van der Waals surface area contributed by atoms with Crippen LogP contribution in [0.1, 0.15) is 38.3 Å². The van der Waals surface area contributed by atoms with Crippen LogP contribution < -0.4 is 10.2 Å². The highest BCUT2D eigenvalue weighted by Crippen LogP contribution is 2.19. The van der Waals surface area contributed by atoms with Crippen molar-refractivity contribution in [1.29, 1.82) is 0 Å². The van der Waals surface area contributed by atoms with Gasteiger partial charge in [0.15, 0.2) is 0 Å². The molecule has 0 bridgehead atoms. The number of benzene rings is 1. The Balaban J connectivity index is 2.77. The van der Waals surface area contributed by atoms with Gasteiger partial charge in [0, 0.05) is 25.3 Å². The van der Waals surface area contributed by atoms with E-state index in [0.717, 1.165) is 13.1 Å². The summed E-state index contributed by atoms with van der Waals surface area (Å²) in [5, 5.41) is 3.62. The van der Waals surface area contributed by atoms with E-state index < -0.39 is 0 Å². The summed E-state index contributed by atoms with van der Waals surface area (Å²) in [5.74, 6) is 0.702. The van der Waals surface area contributed by atoms with Gasteiger partial charge in [0.25, 0.3) is 0 Å². The number of hydrogen-bond acceptors (Lipinski definition) is 2. The van der Waals surface area contributed by atoms with E-state index in [1.54, 1.807) is 0 Å². The molecule has 1 aromatic rings. The van der Waals surface area contributed by atoms with Crippen molar-refractivity contribution in [1.82, 2.24) is 5.32 Å². The minimum Gasteiger partial charge on any atom is -0.373 e. The zero-order chi connectivity index (χ0) is 14.4. The van der Waals surface area contributed by atoms with Gasteiger partial charge in [-0.15, -0.1) is 0 Å². The number of aryl methyl sites for hydroxylation is 2. The van der Waals surface area contributed by atoms with E-state index >= 15 is 0 Å².